The number of halogens is 1. The predicted octanol–water partition coefficient (Wildman–Crippen LogP) is 3.71. The molecule has 6 heteroatoms. The molecule has 1 heterocycles. The first-order chi connectivity index (χ1) is 11.6. The fourth-order valence-corrected chi connectivity index (χ4v) is 2.92. The van der Waals surface area contributed by atoms with Crippen LogP contribution in [0, 0.1) is 5.82 Å². The molecular weight excluding hydrogens is 311 g/mol. The number of nitrogens with one attached hydrogen (secondary N) is 2. The van der Waals surface area contributed by atoms with Crippen LogP contribution in [-0.4, -0.2) is 23.3 Å². The minimum atomic E-state index is -0.581. The Morgan fingerprint density at radius 3 is 2.88 bits per heavy atom. The number of rotatable bonds is 4. The third-order valence-corrected chi connectivity index (χ3v) is 4.07. The van der Waals surface area contributed by atoms with Gasteiger partial charge in [0.1, 0.15) is 11.6 Å². The van der Waals surface area contributed by atoms with E-state index in [0.717, 1.165) is 25.0 Å². The second-order valence-electron chi connectivity index (χ2n) is 5.71. The lowest BCUT2D eigenvalue weighted by Crippen LogP contribution is -2.16. The van der Waals surface area contributed by atoms with Gasteiger partial charge < -0.3 is 15.0 Å². The monoisotopic (exact) mass is 330 g/mol. The molecule has 0 saturated carbocycles. The first kappa shape index (κ1) is 16.2. The van der Waals surface area contributed by atoms with Gasteiger partial charge in [-0.25, -0.2) is 4.39 Å². The van der Waals surface area contributed by atoms with E-state index < -0.39 is 11.7 Å². The zero-order chi connectivity index (χ0) is 17.1. The molecule has 0 saturated heterocycles. The molecule has 0 fully saturated rings. The van der Waals surface area contributed by atoms with Gasteiger partial charge in [-0.15, -0.1) is 0 Å². The second kappa shape index (κ2) is 6.86. The van der Waals surface area contributed by atoms with Crippen molar-refractivity contribution < 1.29 is 18.7 Å². The fourth-order valence-electron chi connectivity index (χ4n) is 2.92. The highest BCUT2D eigenvalue weighted by Crippen LogP contribution is 2.25. The molecule has 126 valence electrons. The number of hydrogen-bond donors (Lipinski definition) is 2. The summed E-state index contributed by atoms with van der Waals surface area (Å²) in [4.78, 5) is 27.7. The minimum Gasteiger partial charge on any atom is -0.494 e. The summed E-state index contributed by atoms with van der Waals surface area (Å²) in [7, 11) is 0. The molecule has 0 bridgehead atoms. The van der Waals surface area contributed by atoms with Crippen LogP contribution in [0.15, 0.2) is 24.4 Å². The third-order valence-electron chi connectivity index (χ3n) is 4.07. The van der Waals surface area contributed by atoms with E-state index in [9.17, 15) is 14.0 Å². The van der Waals surface area contributed by atoms with Gasteiger partial charge in [-0.2, -0.15) is 0 Å². The van der Waals surface area contributed by atoms with E-state index in [-0.39, 0.29) is 17.0 Å². The maximum absolute atomic E-state index is 14.1. The summed E-state index contributed by atoms with van der Waals surface area (Å²) in [5.41, 5.74) is 1.55. The van der Waals surface area contributed by atoms with Crippen molar-refractivity contribution in [3.05, 3.63) is 47.0 Å². The number of Topliss-reactive ketones (excluding diaryl/α,β-unsaturated/α-hetero) is 1. The van der Waals surface area contributed by atoms with Crippen molar-refractivity contribution in [1.82, 2.24) is 4.98 Å². The second-order valence-corrected chi connectivity index (χ2v) is 5.71. The van der Waals surface area contributed by atoms with Gasteiger partial charge in [0.25, 0.3) is 5.91 Å². The number of fused-ring (bicyclic) bond motifs is 1. The number of carbonyl (C=O) groups excluding carboxylic acids is 2. The van der Waals surface area contributed by atoms with Crippen LogP contribution in [0.3, 0.4) is 0 Å². The van der Waals surface area contributed by atoms with E-state index in [1.165, 1.54) is 18.3 Å². The topological polar surface area (TPSA) is 71.2 Å². The number of aryl methyl sites for hydroxylation is 1. The van der Waals surface area contributed by atoms with Gasteiger partial charge >= 0.3 is 0 Å². The summed E-state index contributed by atoms with van der Waals surface area (Å²) >= 11 is 0. The van der Waals surface area contributed by atoms with Crippen molar-refractivity contribution in [2.45, 2.75) is 32.6 Å². The number of hydrogen-bond acceptors (Lipinski definition) is 3. The van der Waals surface area contributed by atoms with Gasteiger partial charge in [0, 0.05) is 24.4 Å². The Balaban J connectivity index is 1.84. The van der Waals surface area contributed by atoms with Crippen molar-refractivity contribution in [3.8, 4) is 5.75 Å². The van der Waals surface area contributed by atoms with E-state index in [4.69, 9.17) is 4.74 Å². The van der Waals surface area contributed by atoms with E-state index in [2.05, 4.69) is 10.3 Å². The van der Waals surface area contributed by atoms with Crippen molar-refractivity contribution >= 4 is 17.4 Å². The van der Waals surface area contributed by atoms with Crippen molar-refractivity contribution in [3.63, 3.8) is 0 Å². The lowest BCUT2D eigenvalue weighted by molar-refractivity contribution is 0.0965. The van der Waals surface area contributed by atoms with Crippen LogP contribution in [0.4, 0.5) is 10.1 Å². The number of ether oxygens (including phenoxy) is 1. The molecule has 2 N–H and O–H groups in total. The number of aromatic amines is 1. The Hall–Kier alpha value is -2.63. The van der Waals surface area contributed by atoms with E-state index in [0.29, 0.717) is 24.3 Å². The molecule has 0 spiro atoms. The Labute approximate surface area is 139 Å². The SMILES string of the molecule is CCOc1ccc(NC(=O)c2c[nH]c3c2C(=O)CCCC3)c(F)c1. The summed E-state index contributed by atoms with van der Waals surface area (Å²) in [5, 5.41) is 2.53. The maximum Gasteiger partial charge on any atom is 0.258 e. The van der Waals surface area contributed by atoms with Crippen LogP contribution >= 0.6 is 0 Å². The van der Waals surface area contributed by atoms with Crippen LogP contribution in [0.5, 0.6) is 5.75 Å². The van der Waals surface area contributed by atoms with E-state index in [1.807, 2.05) is 6.92 Å². The predicted molar refractivity (Wildman–Crippen MR) is 88.2 cm³/mol. The molecule has 2 aromatic rings. The van der Waals surface area contributed by atoms with E-state index >= 15 is 0 Å². The molecule has 0 unspecified atom stereocenters. The molecule has 0 radical (unpaired) electrons. The maximum atomic E-state index is 14.1. The molecule has 1 aromatic carbocycles. The smallest absolute Gasteiger partial charge is 0.258 e. The number of ketones is 1. The molecule has 5 nitrogen and oxygen atoms in total. The molecule has 1 aromatic heterocycles. The first-order valence-electron chi connectivity index (χ1n) is 8.07. The number of anilines is 1. The minimum absolute atomic E-state index is 0.0407. The Bertz CT molecular complexity index is 783. The zero-order valence-corrected chi connectivity index (χ0v) is 13.4. The van der Waals surface area contributed by atoms with Gasteiger partial charge in [0.2, 0.25) is 0 Å². The highest BCUT2D eigenvalue weighted by Gasteiger charge is 2.25. The van der Waals surface area contributed by atoms with Gasteiger partial charge in [0.05, 0.1) is 23.4 Å². The third kappa shape index (κ3) is 3.18. The lowest BCUT2D eigenvalue weighted by Gasteiger charge is -2.09. The van der Waals surface area contributed by atoms with Crippen LogP contribution < -0.4 is 10.1 Å². The number of aromatic nitrogens is 1. The Morgan fingerprint density at radius 2 is 2.12 bits per heavy atom. The number of H-pyrrole nitrogens is 1. The molecule has 1 aliphatic rings. The first-order valence-corrected chi connectivity index (χ1v) is 8.07. The number of benzene rings is 1. The van der Waals surface area contributed by atoms with E-state index in [1.54, 1.807) is 6.07 Å². The molecule has 0 atom stereocenters. The standard InChI is InChI=1S/C18H19FN2O3/c1-2-24-11-7-8-14(13(19)9-11)21-18(23)12-10-20-15-5-3-4-6-16(22)17(12)15/h7-10,20H,2-6H2,1H3,(H,21,23). The summed E-state index contributed by atoms with van der Waals surface area (Å²) in [6, 6.07) is 4.26. The summed E-state index contributed by atoms with van der Waals surface area (Å²) in [5.74, 6) is -0.715. The molecule has 1 aliphatic carbocycles. The van der Waals surface area contributed by atoms with Gasteiger partial charge in [-0.3, -0.25) is 9.59 Å². The fraction of sp³-hybridized carbons (Fsp3) is 0.333. The van der Waals surface area contributed by atoms with Crippen molar-refractivity contribution in [2.75, 3.05) is 11.9 Å². The van der Waals surface area contributed by atoms with Gasteiger partial charge in [-0.05, 0) is 38.3 Å². The average Bonchev–Trinajstić information content (AvgIpc) is 2.90. The number of carbonyl (C=O) groups is 2. The van der Waals surface area contributed by atoms with Crippen LogP contribution in [-0.2, 0) is 6.42 Å². The quantitative estimate of drug-likeness (QED) is 0.840. The molecule has 3 rings (SSSR count). The largest absolute Gasteiger partial charge is 0.494 e. The average molecular weight is 330 g/mol. The Morgan fingerprint density at radius 1 is 1.33 bits per heavy atom. The van der Waals surface area contributed by atoms with Crippen LogP contribution in [0.2, 0.25) is 0 Å². The highest BCUT2D eigenvalue weighted by atomic mass is 19.1. The summed E-state index contributed by atoms with van der Waals surface area (Å²) in [6.07, 6.45) is 4.42. The van der Waals surface area contributed by atoms with Crippen molar-refractivity contribution in [2.24, 2.45) is 0 Å². The zero-order valence-electron chi connectivity index (χ0n) is 13.4. The molecule has 24 heavy (non-hydrogen) atoms. The molecular formula is C18H19FN2O3. The van der Waals surface area contributed by atoms with Gasteiger partial charge in [0.15, 0.2) is 5.78 Å². The molecule has 1 amide bonds. The summed E-state index contributed by atoms with van der Waals surface area (Å²) in [6.45, 7) is 2.24. The highest BCUT2D eigenvalue weighted by molar-refractivity contribution is 6.13. The van der Waals surface area contributed by atoms with Crippen LogP contribution in [0.1, 0.15) is 52.6 Å². The van der Waals surface area contributed by atoms with Gasteiger partial charge in [-0.1, -0.05) is 0 Å². The lowest BCUT2D eigenvalue weighted by atomic mass is 10.0. The normalized spacial score (nSPS) is 14.0. The van der Waals surface area contributed by atoms with Crippen molar-refractivity contribution in [1.29, 1.82) is 0 Å². The number of amides is 1. The molecule has 0 aliphatic heterocycles. The Kier molecular flexibility index (Phi) is 4.64. The van der Waals surface area contributed by atoms with Crippen LogP contribution in [0.25, 0.3) is 0 Å². The summed E-state index contributed by atoms with van der Waals surface area (Å²) < 4.78 is 19.3.